The average Bonchev–Trinajstić information content (AvgIpc) is 2.79. The molecule has 0 spiro atoms. The molecule has 0 saturated carbocycles. The maximum atomic E-state index is 5.45. The van der Waals surface area contributed by atoms with Crippen molar-refractivity contribution in [3.05, 3.63) is 87.2 Å². The van der Waals surface area contributed by atoms with Gasteiger partial charge < -0.3 is 9.47 Å². The maximum absolute atomic E-state index is 5.45. The van der Waals surface area contributed by atoms with Crippen LogP contribution in [0.4, 0.5) is 0 Å². The monoisotopic (exact) mass is 428 g/mol. The Hall–Kier alpha value is -3.33. The number of methoxy groups -OCH3 is 2. The van der Waals surface area contributed by atoms with Gasteiger partial charge in [-0.3, -0.25) is 0 Å². The zero-order valence-corrected chi connectivity index (χ0v) is 20.3. The normalized spacial score (nSPS) is 11.5. The van der Waals surface area contributed by atoms with E-state index in [2.05, 4.69) is 106 Å². The van der Waals surface area contributed by atoms with Crippen LogP contribution in [0.3, 0.4) is 0 Å². The molecule has 0 radical (unpaired) electrons. The van der Waals surface area contributed by atoms with Crippen molar-refractivity contribution in [2.24, 2.45) is 0 Å². The Morgan fingerprint density at radius 1 is 0.656 bits per heavy atom. The van der Waals surface area contributed by atoms with Gasteiger partial charge in [-0.1, -0.05) is 0 Å². The van der Waals surface area contributed by atoms with E-state index < -0.39 is 0 Å². The highest BCUT2D eigenvalue weighted by atomic mass is 16.5. The topological polar surface area (TPSA) is 22.3 Å². The molecule has 2 aromatic carbocycles. The first-order valence-electron chi connectivity index (χ1n) is 11.1. The van der Waals surface area contributed by atoms with Crippen LogP contribution in [0.25, 0.3) is 24.3 Å². The minimum Gasteiger partial charge on any atom is -0.496 e. The van der Waals surface area contributed by atoms with Gasteiger partial charge >= 0.3 is 0 Å². The molecular formula is C29H34NO2+. The van der Waals surface area contributed by atoms with Gasteiger partial charge in [-0.15, -0.1) is 0 Å². The molecule has 0 saturated heterocycles. The molecule has 0 unspecified atom stereocenters. The summed E-state index contributed by atoms with van der Waals surface area (Å²) in [6.45, 7) is 11.5. The molecule has 1 aromatic heterocycles. The summed E-state index contributed by atoms with van der Waals surface area (Å²) in [6.07, 6.45) is 8.76. The zero-order chi connectivity index (χ0) is 23.3. The first-order chi connectivity index (χ1) is 15.4. The lowest BCUT2D eigenvalue weighted by Gasteiger charge is -2.09. The Morgan fingerprint density at radius 3 is 1.47 bits per heavy atom. The third-order valence-corrected chi connectivity index (χ3v) is 5.91. The average molecular weight is 429 g/mol. The number of ether oxygens (including phenoxy) is 2. The number of hydrogen-bond donors (Lipinski definition) is 0. The van der Waals surface area contributed by atoms with Crippen LogP contribution in [0.5, 0.6) is 11.5 Å². The van der Waals surface area contributed by atoms with E-state index in [1.165, 1.54) is 33.6 Å². The third-order valence-electron chi connectivity index (χ3n) is 5.91. The fraction of sp³-hybridized carbons (Fsp3) is 0.276. The summed E-state index contributed by atoms with van der Waals surface area (Å²) in [5.74, 6) is 1.86. The first kappa shape index (κ1) is 23.3. The lowest BCUT2D eigenvalue weighted by Crippen LogP contribution is -2.38. The minimum atomic E-state index is 0.890. The highest BCUT2D eigenvalue weighted by molar-refractivity contribution is 5.72. The molecule has 0 bridgehead atoms. The summed E-state index contributed by atoms with van der Waals surface area (Å²) in [7, 11) is 3.43. The molecule has 0 aliphatic rings. The maximum Gasteiger partial charge on any atom is 0.205 e. The van der Waals surface area contributed by atoms with Crippen molar-refractivity contribution in [1.82, 2.24) is 0 Å². The molecule has 0 atom stereocenters. The summed E-state index contributed by atoms with van der Waals surface area (Å²) in [6, 6.07) is 15.0. The van der Waals surface area contributed by atoms with Crippen molar-refractivity contribution >= 4 is 24.3 Å². The SMILES string of the molecule is CC[n+]1c(/C=C/c2cc(C)c(OC)cc2C)cccc1/C=C/c1cc(C)c(OC)cc1C. The Bertz CT molecular complexity index is 1080. The van der Waals surface area contributed by atoms with Crippen molar-refractivity contribution in [2.75, 3.05) is 14.2 Å². The van der Waals surface area contributed by atoms with Crippen LogP contribution in [0.1, 0.15) is 51.7 Å². The van der Waals surface area contributed by atoms with Gasteiger partial charge in [-0.2, -0.15) is 4.57 Å². The molecule has 1 heterocycles. The summed E-state index contributed by atoms with van der Waals surface area (Å²) < 4.78 is 13.2. The van der Waals surface area contributed by atoms with Crippen molar-refractivity contribution in [3.63, 3.8) is 0 Å². The van der Waals surface area contributed by atoms with Gasteiger partial charge in [-0.25, -0.2) is 0 Å². The number of aromatic nitrogens is 1. The predicted molar refractivity (Wildman–Crippen MR) is 135 cm³/mol. The van der Waals surface area contributed by atoms with Gasteiger partial charge in [0.25, 0.3) is 0 Å². The quantitative estimate of drug-likeness (QED) is 0.396. The van der Waals surface area contributed by atoms with Gasteiger partial charge in [0, 0.05) is 24.3 Å². The minimum absolute atomic E-state index is 0.890. The zero-order valence-electron chi connectivity index (χ0n) is 20.3. The predicted octanol–water partition coefficient (Wildman–Crippen LogP) is 6.59. The molecule has 0 fully saturated rings. The Kier molecular flexibility index (Phi) is 7.53. The van der Waals surface area contributed by atoms with Crippen LogP contribution in [-0.2, 0) is 6.54 Å². The van der Waals surface area contributed by atoms with Crippen LogP contribution in [0.2, 0.25) is 0 Å². The number of benzene rings is 2. The van der Waals surface area contributed by atoms with E-state index in [9.17, 15) is 0 Å². The molecule has 3 rings (SSSR count). The fourth-order valence-corrected chi connectivity index (χ4v) is 4.00. The van der Waals surface area contributed by atoms with Gasteiger partial charge in [0.2, 0.25) is 11.4 Å². The summed E-state index contributed by atoms with van der Waals surface area (Å²) in [5.41, 5.74) is 9.44. The van der Waals surface area contributed by atoms with Gasteiger partial charge in [0.05, 0.1) is 14.2 Å². The van der Waals surface area contributed by atoms with Crippen molar-refractivity contribution in [3.8, 4) is 11.5 Å². The second kappa shape index (κ2) is 10.3. The lowest BCUT2D eigenvalue weighted by atomic mass is 10.0. The van der Waals surface area contributed by atoms with E-state index in [0.29, 0.717) is 0 Å². The molecule has 0 aliphatic heterocycles. The summed E-state index contributed by atoms with van der Waals surface area (Å²) in [5, 5.41) is 0. The smallest absolute Gasteiger partial charge is 0.205 e. The van der Waals surface area contributed by atoms with E-state index >= 15 is 0 Å². The second-order valence-electron chi connectivity index (χ2n) is 8.14. The van der Waals surface area contributed by atoms with E-state index in [-0.39, 0.29) is 0 Å². The van der Waals surface area contributed by atoms with E-state index in [0.717, 1.165) is 29.2 Å². The molecule has 0 N–H and O–H groups in total. The van der Waals surface area contributed by atoms with Crippen LogP contribution in [0, 0.1) is 27.7 Å². The van der Waals surface area contributed by atoms with Crippen molar-refractivity contribution in [2.45, 2.75) is 41.2 Å². The van der Waals surface area contributed by atoms with Crippen molar-refractivity contribution in [1.29, 1.82) is 0 Å². The first-order valence-corrected chi connectivity index (χ1v) is 11.1. The highest BCUT2D eigenvalue weighted by Crippen LogP contribution is 2.25. The number of nitrogens with zero attached hydrogens (tertiary/aromatic N) is 1. The van der Waals surface area contributed by atoms with Gasteiger partial charge in [0.15, 0.2) is 0 Å². The molecule has 3 heteroatoms. The van der Waals surface area contributed by atoms with Gasteiger partial charge in [0.1, 0.15) is 18.0 Å². The molecular weight excluding hydrogens is 394 g/mol. The van der Waals surface area contributed by atoms with Crippen LogP contribution >= 0.6 is 0 Å². The number of rotatable bonds is 7. The fourth-order valence-electron chi connectivity index (χ4n) is 4.00. The standard InChI is InChI=1S/C29H34NO2/c1-8-30-26(14-12-24-16-22(4)28(31-6)18-20(24)2)10-9-11-27(30)15-13-25-17-23(5)29(32-7)19-21(25)3/h9-19H,8H2,1-7H3/q+1/b14-12+,15-13+. The second-order valence-corrected chi connectivity index (χ2v) is 8.14. The van der Waals surface area contributed by atoms with Gasteiger partial charge in [-0.05, 0) is 110 Å². The van der Waals surface area contributed by atoms with E-state index in [1.807, 2.05) is 0 Å². The number of hydrogen-bond acceptors (Lipinski definition) is 2. The Balaban J connectivity index is 1.94. The molecule has 3 nitrogen and oxygen atoms in total. The molecule has 32 heavy (non-hydrogen) atoms. The lowest BCUT2D eigenvalue weighted by molar-refractivity contribution is -0.696. The van der Waals surface area contributed by atoms with Crippen LogP contribution in [0.15, 0.2) is 42.5 Å². The molecule has 0 aliphatic carbocycles. The third kappa shape index (κ3) is 5.11. The van der Waals surface area contributed by atoms with Crippen LogP contribution in [-0.4, -0.2) is 14.2 Å². The Morgan fingerprint density at radius 2 is 1.09 bits per heavy atom. The van der Waals surface area contributed by atoms with E-state index in [1.54, 1.807) is 14.2 Å². The summed E-state index contributed by atoms with van der Waals surface area (Å²) >= 11 is 0. The van der Waals surface area contributed by atoms with E-state index in [4.69, 9.17) is 9.47 Å². The Labute approximate surface area is 192 Å². The summed E-state index contributed by atoms with van der Waals surface area (Å²) in [4.78, 5) is 0. The molecule has 3 aromatic rings. The van der Waals surface area contributed by atoms with Crippen LogP contribution < -0.4 is 14.0 Å². The number of pyridine rings is 1. The molecule has 166 valence electrons. The molecule has 0 amide bonds. The highest BCUT2D eigenvalue weighted by Gasteiger charge is 2.11. The van der Waals surface area contributed by atoms with Crippen molar-refractivity contribution < 1.29 is 14.0 Å². The number of aryl methyl sites for hydroxylation is 4. The largest absolute Gasteiger partial charge is 0.496 e.